The van der Waals surface area contributed by atoms with Crippen LogP contribution in [0, 0.1) is 11.3 Å². The summed E-state index contributed by atoms with van der Waals surface area (Å²) in [5.41, 5.74) is 8.17. The Hall–Kier alpha value is -1.60. The summed E-state index contributed by atoms with van der Waals surface area (Å²) in [4.78, 5) is 0. The zero-order valence-corrected chi connectivity index (χ0v) is 22.7. The Bertz CT molecular complexity index is 930. The number of benzene rings is 1. The smallest absolute Gasteiger partial charge is 0.0706 e. The molecular formula is C31H44Si. The van der Waals surface area contributed by atoms with E-state index in [2.05, 4.69) is 83.2 Å². The second-order valence-electron chi connectivity index (χ2n) is 11.0. The second kappa shape index (κ2) is 9.72. The van der Waals surface area contributed by atoms with Gasteiger partial charge in [0.05, 0.1) is 9.52 Å². The van der Waals surface area contributed by atoms with Gasteiger partial charge in [-0.15, -0.1) is 0 Å². The van der Waals surface area contributed by atoms with Gasteiger partial charge in [-0.2, -0.15) is 0 Å². The molecule has 0 N–H and O–H groups in total. The number of aryl methyl sites for hydroxylation is 2. The van der Waals surface area contributed by atoms with Gasteiger partial charge >= 0.3 is 0 Å². The summed E-state index contributed by atoms with van der Waals surface area (Å²) in [5, 5.41) is 1.95. The molecule has 2 unspecified atom stereocenters. The van der Waals surface area contributed by atoms with Crippen molar-refractivity contribution in [1.82, 2.24) is 0 Å². The van der Waals surface area contributed by atoms with E-state index >= 15 is 0 Å². The summed E-state index contributed by atoms with van der Waals surface area (Å²) in [6.45, 7) is 11.8. The predicted molar refractivity (Wildman–Crippen MR) is 145 cm³/mol. The summed E-state index contributed by atoms with van der Waals surface area (Å²) in [6, 6.07) is 7.55. The summed E-state index contributed by atoms with van der Waals surface area (Å²) in [5.74, 6) is 0.846. The number of rotatable bonds is 7. The molecule has 172 valence electrons. The standard InChI is InChI=1S/C31H44Si/c1-6-26-18-27(7-2)20-29(19-26)32-31(21-23(3)24(4)25(31)5)22-30(16-12-9-13-17-30)28-14-10-8-11-15-28/h9,12-13,16,18-21,28H,6-8,10-11,14-15,17,22,32H2,1-5H3. The highest BCUT2D eigenvalue weighted by atomic mass is 28.2. The molecule has 2 atom stereocenters. The van der Waals surface area contributed by atoms with Crippen molar-refractivity contribution in [2.24, 2.45) is 11.3 Å². The van der Waals surface area contributed by atoms with Crippen molar-refractivity contribution in [1.29, 1.82) is 0 Å². The minimum atomic E-state index is -0.524. The highest BCUT2D eigenvalue weighted by Gasteiger charge is 2.46. The topological polar surface area (TPSA) is 0 Å². The van der Waals surface area contributed by atoms with Gasteiger partial charge in [-0.1, -0.05) is 98.0 Å². The molecule has 0 nitrogen and oxygen atoms in total. The van der Waals surface area contributed by atoms with E-state index < -0.39 is 9.52 Å². The first-order valence-corrected chi connectivity index (χ1v) is 14.7. The predicted octanol–water partition coefficient (Wildman–Crippen LogP) is 7.53. The molecular weight excluding hydrogens is 400 g/mol. The zero-order valence-electron chi connectivity index (χ0n) is 21.3. The first-order chi connectivity index (χ1) is 15.4. The van der Waals surface area contributed by atoms with Crippen molar-refractivity contribution in [2.75, 3.05) is 0 Å². The van der Waals surface area contributed by atoms with E-state index in [1.807, 2.05) is 0 Å². The molecule has 32 heavy (non-hydrogen) atoms. The van der Waals surface area contributed by atoms with Crippen LogP contribution in [-0.2, 0) is 12.8 Å². The van der Waals surface area contributed by atoms with Gasteiger partial charge in [-0.25, -0.2) is 0 Å². The lowest BCUT2D eigenvalue weighted by Gasteiger charge is -2.47. The molecule has 3 aliphatic rings. The first kappa shape index (κ1) is 23.6. The number of hydrogen-bond donors (Lipinski definition) is 0. The monoisotopic (exact) mass is 444 g/mol. The van der Waals surface area contributed by atoms with Gasteiger partial charge in [0.15, 0.2) is 0 Å². The fourth-order valence-electron chi connectivity index (χ4n) is 6.97. The molecule has 0 aromatic heterocycles. The fourth-order valence-corrected chi connectivity index (χ4v) is 9.95. The molecule has 1 heteroatoms. The Balaban J connectivity index is 1.76. The van der Waals surface area contributed by atoms with Gasteiger partial charge in [0, 0.05) is 5.04 Å². The average Bonchev–Trinajstić information content (AvgIpc) is 3.02. The van der Waals surface area contributed by atoms with Crippen molar-refractivity contribution in [3.05, 3.63) is 76.4 Å². The zero-order chi connectivity index (χ0) is 22.8. The van der Waals surface area contributed by atoms with Gasteiger partial charge < -0.3 is 0 Å². The van der Waals surface area contributed by atoms with Crippen LogP contribution < -0.4 is 5.19 Å². The molecule has 0 spiro atoms. The quantitative estimate of drug-likeness (QED) is 0.381. The Morgan fingerprint density at radius 1 is 0.906 bits per heavy atom. The number of allylic oxidation sites excluding steroid dienone is 8. The van der Waals surface area contributed by atoms with E-state index in [4.69, 9.17) is 0 Å². The Morgan fingerprint density at radius 3 is 2.12 bits per heavy atom. The summed E-state index contributed by atoms with van der Waals surface area (Å²) >= 11 is 0. The van der Waals surface area contributed by atoms with Crippen LogP contribution in [0.1, 0.15) is 90.7 Å². The van der Waals surface area contributed by atoms with Crippen LogP contribution in [0.5, 0.6) is 0 Å². The molecule has 1 aromatic rings. The van der Waals surface area contributed by atoms with E-state index in [0.29, 0.717) is 5.41 Å². The third kappa shape index (κ3) is 4.56. The molecule has 0 amide bonds. The Morgan fingerprint density at radius 2 is 1.59 bits per heavy atom. The lowest BCUT2D eigenvalue weighted by Crippen LogP contribution is -2.39. The van der Waals surface area contributed by atoms with Gasteiger partial charge in [0.2, 0.25) is 0 Å². The largest absolute Gasteiger partial charge is 0.0837 e. The Labute approximate surface area is 199 Å². The Kier molecular flexibility index (Phi) is 7.15. The van der Waals surface area contributed by atoms with E-state index in [9.17, 15) is 0 Å². The van der Waals surface area contributed by atoms with Crippen LogP contribution in [-0.4, -0.2) is 9.52 Å². The highest BCUT2D eigenvalue weighted by molar-refractivity contribution is 6.58. The van der Waals surface area contributed by atoms with Crippen LogP contribution in [0.25, 0.3) is 0 Å². The molecule has 4 rings (SSSR count). The minimum Gasteiger partial charge on any atom is -0.0837 e. The van der Waals surface area contributed by atoms with Crippen LogP contribution in [0.15, 0.2) is 65.3 Å². The van der Waals surface area contributed by atoms with Gasteiger partial charge in [0.25, 0.3) is 0 Å². The first-order valence-electron chi connectivity index (χ1n) is 13.3. The van der Waals surface area contributed by atoms with Crippen LogP contribution in [0.2, 0.25) is 5.04 Å². The van der Waals surface area contributed by atoms with Crippen molar-refractivity contribution >= 4 is 14.7 Å². The molecule has 0 radical (unpaired) electrons. The summed E-state index contributed by atoms with van der Waals surface area (Å²) in [7, 11) is -0.524. The van der Waals surface area contributed by atoms with Crippen molar-refractivity contribution in [2.45, 2.75) is 97.4 Å². The van der Waals surface area contributed by atoms with Crippen molar-refractivity contribution in [3.8, 4) is 0 Å². The van der Waals surface area contributed by atoms with Crippen LogP contribution in [0.3, 0.4) is 0 Å². The van der Waals surface area contributed by atoms with Crippen molar-refractivity contribution in [3.63, 3.8) is 0 Å². The SMILES string of the molecule is CCc1cc(CC)cc([SiH2]C2(CC3(C4CCCCC4)C=CC=CC3)C=C(C)C(C)=C2C)c1. The normalized spacial score (nSPS) is 28.8. The van der Waals surface area contributed by atoms with E-state index in [1.54, 1.807) is 16.3 Å². The third-order valence-corrected chi connectivity index (χ3v) is 11.5. The maximum atomic E-state index is 2.73. The molecule has 0 saturated heterocycles. The molecule has 0 heterocycles. The van der Waals surface area contributed by atoms with Crippen LogP contribution >= 0.6 is 0 Å². The van der Waals surface area contributed by atoms with Crippen LogP contribution in [0.4, 0.5) is 0 Å². The van der Waals surface area contributed by atoms with E-state index in [1.165, 1.54) is 61.6 Å². The lowest BCUT2D eigenvalue weighted by molar-refractivity contribution is 0.151. The molecule has 1 fully saturated rings. The van der Waals surface area contributed by atoms with E-state index in [-0.39, 0.29) is 5.04 Å². The number of hydrogen-bond acceptors (Lipinski definition) is 0. The summed E-state index contributed by atoms with van der Waals surface area (Å²) in [6.07, 6.45) is 24.5. The lowest BCUT2D eigenvalue weighted by atomic mass is 9.61. The molecule has 1 aromatic carbocycles. The third-order valence-electron chi connectivity index (χ3n) is 9.08. The second-order valence-corrected chi connectivity index (χ2v) is 13.4. The fraction of sp³-hybridized carbons (Fsp3) is 0.548. The minimum absolute atomic E-state index is 0.276. The maximum absolute atomic E-state index is 2.73. The molecule has 0 aliphatic heterocycles. The highest BCUT2D eigenvalue weighted by Crippen LogP contribution is 2.58. The van der Waals surface area contributed by atoms with Gasteiger partial charge in [-0.05, 0) is 87.3 Å². The maximum Gasteiger partial charge on any atom is 0.0706 e. The summed E-state index contributed by atoms with van der Waals surface area (Å²) < 4.78 is 0. The molecule has 1 saturated carbocycles. The van der Waals surface area contributed by atoms with Gasteiger partial charge in [-0.3, -0.25) is 0 Å². The van der Waals surface area contributed by atoms with E-state index in [0.717, 1.165) is 18.8 Å². The van der Waals surface area contributed by atoms with Crippen molar-refractivity contribution < 1.29 is 0 Å². The average molecular weight is 445 g/mol. The van der Waals surface area contributed by atoms with Gasteiger partial charge in [0.1, 0.15) is 0 Å². The molecule has 3 aliphatic carbocycles. The molecule has 0 bridgehead atoms.